The van der Waals surface area contributed by atoms with E-state index in [4.69, 9.17) is 26.1 Å². The van der Waals surface area contributed by atoms with Crippen molar-refractivity contribution < 1.29 is 9.47 Å². The largest absolute Gasteiger partial charge is 0.487 e. The molecule has 0 amide bonds. The Labute approximate surface area is 151 Å². The smallest absolute Gasteiger partial charge is 0.146 e. The summed E-state index contributed by atoms with van der Waals surface area (Å²) in [5.41, 5.74) is 1.84. The Balaban J connectivity index is 1.62. The van der Waals surface area contributed by atoms with Gasteiger partial charge in [-0.2, -0.15) is 0 Å². The summed E-state index contributed by atoms with van der Waals surface area (Å²) in [5.74, 6) is 1.73. The van der Waals surface area contributed by atoms with Crippen LogP contribution in [0.3, 0.4) is 0 Å². The first-order valence-electron chi connectivity index (χ1n) is 8.40. The molecule has 0 unspecified atom stereocenters. The van der Waals surface area contributed by atoms with E-state index in [1.54, 1.807) is 0 Å². The summed E-state index contributed by atoms with van der Waals surface area (Å²) in [6.07, 6.45) is 0. The molecule has 5 heteroatoms. The van der Waals surface area contributed by atoms with Gasteiger partial charge >= 0.3 is 0 Å². The maximum absolute atomic E-state index is 6.22. The molecule has 2 aromatic carbocycles. The summed E-state index contributed by atoms with van der Waals surface area (Å²) < 4.78 is 11.5. The number of hydrogen-bond donors (Lipinski definition) is 0. The number of halogens is 1. The van der Waals surface area contributed by atoms with Crippen LogP contribution in [0, 0.1) is 0 Å². The van der Waals surface area contributed by atoms with Gasteiger partial charge in [-0.3, -0.25) is 0 Å². The number of para-hydroxylation sites is 1. The highest BCUT2D eigenvalue weighted by atomic mass is 35.5. The summed E-state index contributed by atoms with van der Waals surface area (Å²) in [6.45, 7) is 3.62. The van der Waals surface area contributed by atoms with Crippen molar-refractivity contribution in [3.05, 3.63) is 65.2 Å². The van der Waals surface area contributed by atoms with E-state index in [9.17, 15) is 0 Å². The second-order valence-electron chi connectivity index (χ2n) is 5.98. The molecule has 0 spiro atoms. The first kappa shape index (κ1) is 16.2. The first-order chi connectivity index (χ1) is 12.3. The maximum Gasteiger partial charge on any atom is 0.146 e. The molecule has 0 atom stereocenters. The molecular formula is C20H19ClN2O2. The van der Waals surface area contributed by atoms with Crippen LogP contribution >= 0.6 is 11.6 Å². The Hall–Kier alpha value is -2.30. The minimum absolute atomic E-state index is 0.419. The average molecular weight is 355 g/mol. The van der Waals surface area contributed by atoms with Gasteiger partial charge in [0, 0.05) is 29.1 Å². The van der Waals surface area contributed by atoms with Crippen LogP contribution in [0.4, 0.5) is 5.82 Å². The number of pyridine rings is 1. The maximum atomic E-state index is 6.22. The molecule has 0 aliphatic carbocycles. The number of aromatic nitrogens is 1. The quantitative estimate of drug-likeness (QED) is 0.699. The van der Waals surface area contributed by atoms with Crippen LogP contribution in [0.1, 0.15) is 5.56 Å². The number of rotatable bonds is 4. The van der Waals surface area contributed by atoms with Gasteiger partial charge in [-0.1, -0.05) is 41.9 Å². The molecule has 0 radical (unpaired) electrons. The van der Waals surface area contributed by atoms with E-state index in [0.29, 0.717) is 11.6 Å². The van der Waals surface area contributed by atoms with Crippen molar-refractivity contribution in [1.82, 2.24) is 4.98 Å². The third-order valence-corrected chi connectivity index (χ3v) is 4.71. The second kappa shape index (κ2) is 7.30. The third-order valence-electron chi connectivity index (χ3n) is 4.34. The SMILES string of the molecule is Clc1ccccc1COc1cccc2ccc(N3CCOCC3)nc12. The summed E-state index contributed by atoms with van der Waals surface area (Å²) in [5, 5.41) is 1.78. The molecular weight excluding hydrogens is 336 g/mol. The lowest BCUT2D eigenvalue weighted by Crippen LogP contribution is -2.36. The number of anilines is 1. The standard InChI is InChI=1S/C20H19ClN2O2/c21-17-6-2-1-4-16(17)14-25-18-7-3-5-15-8-9-19(22-20(15)18)23-10-12-24-13-11-23/h1-9H,10-14H2. The minimum atomic E-state index is 0.419. The normalized spacial score (nSPS) is 14.7. The van der Waals surface area contributed by atoms with E-state index in [0.717, 1.165) is 54.3 Å². The monoisotopic (exact) mass is 354 g/mol. The van der Waals surface area contributed by atoms with Gasteiger partial charge in [0.25, 0.3) is 0 Å². The van der Waals surface area contributed by atoms with Crippen LogP contribution in [0.2, 0.25) is 5.02 Å². The fourth-order valence-electron chi connectivity index (χ4n) is 2.97. The predicted octanol–water partition coefficient (Wildman–Crippen LogP) is 4.30. The van der Waals surface area contributed by atoms with E-state index >= 15 is 0 Å². The third kappa shape index (κ3) is 3.55. The van der Waals surface area contributed by atoms with Crippen LogP contribution in [-0.2, 0) is 11.3 Å². The Kier molecular flexibility index (Phi) is 4.72. The summed E-state index contributed by atoms with van der Waals surface area (Å²) >= 11 is 6.22. The first-order valence-corrected chi connectivity index (χ1v) is 8.78. The molecule has 1 aliphatic heterocycles. The van der Waals surface area contributed by atoms with Crippen LogP contribution < -0.4 is 9.64 Å². The van der Waals surface area contributed by atoms with Crippen LogP contribution in [0.25, 0.3) is 10.9 Å². The molecule has 0 N–H and O–H groups in total. The van der Waals surface area contributed by atoms with Crippen LogP contribution in [0.15, 0.2) is 54.6 Å². The highest BCUT2D eigenvalue weighted by Crippen LogP contribution is 2.28. The lowest BCUT2D eigenvalue weighted by atomic mass is 10.2. The van der Waals surface area contributed by atoms with E-state index in [1.165, 1.54) is 0 Å². The van der Waals surface area contributed by atoms with Gasteiger partial charge in [-0.25, -0.2) is 4.98 Å². The molecule has 4 nitrogen and oxygen atoms in total. The number of fused-ring (bicyclic) bond motifs is 1. The van der Waals surface area contributed by atoms with Crippen molar-refractivity contribution in [3.8, 4) is 5.75 Å². The molecule has 1 saturated heterocycles. The van der Waals surface area contributed by atoms with Crippen LogP contribution in [-0.4, -0.2) is 31.3 Å². The number of morpholine rings is 1. The van der Waals surface area contributed by atoms with Gasteiger partial charge in [0.05, 0.1) is 13.2 Å². The van der Waals surface area contributed by atoms with Crippen molar-refractivity contribution in [1.29, 1.82) is 0 Å². The topological polar surface area (TPSA) is 34.6 Å². The van der Waals surface area contributed by atoms with Crippen molar-refractivity contribution in [3.63, 3.8) is 0 Å². The summed E-state index contributed by atoms with van der Waals surface area (Å²) in [6, 6.07) is 17.9. The highest BCUT2D eigenvalue weighted by molar-refractivity contribution is 6.31. The van der Waals surface area contributed by atoms with Crippen LogP contribution in [0.5, 0.6) is 5.75 Å². The van der Waals surface area contributed by atoms with Gasteiger partial charge in [-0.05, 0) is 24.3 Å². The van der Waals surface area contributed by atoms with E-state index < -0.39 is 0 Å². The minimum Gasteiger partial charge on any atom is -0.487 e. The molecule has 2 heterocycles. The van der Waals surface area contributed by atoms with Crippen molar-refractivity contribution in [2.45, 2.75) is 6.61 Å². The molecule has 25 heavy (non-hydrogen) atoms. The Morgan fingerprint density at radius 3 is 2.68 bits per heavy atom. The number of nitrogens with zero attached hydrogens (tertiary/aromatic N) is 2. The van der Waals surface area contributed by atoms with Crippen molar-refractivity contribution in [2.75, 3.05) is 31.2 Å². The molecule has 0 saturated carbocycles. The molecule has 4 rings (SSSR count). The van der Waals surface area contributed by atoms with Gasteiger partial charge in [0.2, 0.25) is 0 Å². The average Bonchev–Trinajstić information content (AvgIpc) is 2.67. The Morgan fingerprint density at radius 2 is 1.84 bits per heavy atom. The zero-order valence-electron chi connectivity index (χ0n) is 13.8. The molecule has 3 aromatic rings. The van der Waals surface area contributed by atoms with Gasteiger partial charge in [0.15, 0.2) is 0 Å². The second-order valence-corrected chi connectivity index (χ2v) is 6.38. The number of ether oxygens (including phenoxy) is 2. The van der Waals surface area contributed by atoms with Crippen molar-refractivity contribution >= 4 is 28.3 Å². The Bertz CT molecular complexity index is 878. The zero-order chi connectivity index (χ0) is 17.1. The zero-order valence-corrected chi connectivity index (χ0v) is 14.6. The molecule has 1 aliphatic rings. The molecule has 0 bridgehead atoms. The van der Waals surface area contributed by atoms with Gasteiger partial charge < -0.3 is 14.4 Å². The molecule has 128 valence electrons. The summed E-state index contributed by atoms with van der Waals surface area (Å²) in [4.78, 5) is 7.09. The lowest BCUT2D eigenvalue weighted by Gasteiger charge is -2.28. The fraction of sp³-hybridized carbons (Fsp3) is 0.250. The fourth-order valence-corrected chi connectivity index (χ4v) is 3.16. The van der Waals surface area contributed by atoms with E-state index in [1.807, 2.05) is 42.5 Å². The van der Waals surface area contributed by atoms with Crippen molar-refractivity contribution in [2.24, 2.45) is 0 Å². The van der Waals surface area contributed by atoms with Gasteiger partial charge in [-0.15, -0.1) is 0 Å². The highest BCUT2D eigenvalue weighted by Gasteiger charge is 2.14. The molecule has 1 fully saturated rings. The predicted molar refractivity (Wildman–Crippen MR) is 101 cm³/mol. The van der Waals surface area contributed by atoms with E-state index in [-0.39, 0.29) is 0 Å². The number of benzene rings is 2. The molecule has 1 aromatic heterocycles. The number of hydrogen-bond acceptors (Lipinski definition) is 4. The Morgan fingerprint density at radius 1 is 1.00 bits per heavy atom. The lowest BCUT2D eigenvalue weighted by molar-refractivity contribution is 0.122. The van der Waals surface area contributed by atoms with E-state index in [2.05, 4.69) is 17.0 Å². The van der Waals surface area contributed by atoms with Gasteiger partial charge in [0.1, 0.15) is 23.7 Å². The summed E-state index contributed by atoms with van der Waals surface area (Å²) in [7, 11) is 0.